The molecule has 0 aliphatic rings. The van der Waals surface area contributed by atoms with Gasteiger partial charge in [-0.25, -0.2) is 8.93 Å². The minimum atomic E-state index is -0.964. The fourth-order valence-corrected chi connectivity index (χ4v) is 1.54. The van der Waals surface area contributed by atoms with Gasteiger partial charge in [0.1, 0.15) is 0 Å². The highest BCUT2D eigenvalue weighted by Crippen LogP contribution is 2.20. The second-order valence-electron chi connectivity index (χ2n) is 5.59. The molecule has 0 radical (unpaired) electrons. The van der Waals surface area contributed by atoms with Crippen LogP contribution >= 0.6 is 0 Å². The molecule has 0 aliphatic carbocycles. The average molecular weight is 205 g/mol. The first kappa shape index (κ1) is 13.1. The summed E-state index contributed by atoms with van der Waals surface area (Å²) in [7, 11) is -0.964. The van der Waals surface area contributed by atoms with Gasteiger partial charge in [0.2, 0.25) is 0 Å². The molecule has 0 heterocycles. The summed E-state index contributed by atoms with van der Waals surface area (Å²) in [6, 6.07) is 0.257. The maximum absolute atomic E-state index is 11.7. The molecule has 0 aliphatic heterocycles. The average Bonchev–Trinajstić information content (AvgIpc) is 1.82. The highest BCUT2D eigenvalue weighted by atomic mass is 32.2. The van der Waals surface area contributed by atoms with Gasteiger partial charge in [-0.15, -0.1) is 0 Å². The fourth-order valence-electron chi connectivity index (χ4n) is 0.514. The SMILES string of the molecule is C[C@@H](NS(=O)C(C)(C)C)C(C)(C)C. The van der Waals surface area contributed by atoms with Crippen molar-refractivity contribution in [1.29, 1.82) is 0 Å². The van der Waals surface area contributed by atoms with Crippen LogP contribution in [0.5, 0.6) is 0 Å². The predicted octanol–water partition coefficient (Wildman–Crippen LogP) is 2.47. The number of hydrogen-bond acceptors (Lipinski definition) is 1. The molecule has 0 aromatic carbocycles. The summed E-state index contributed by atoms with van der Waals surface area (Å²) < 4.78 is 14.7. The molecule has 0 aromatic heterocycles. The molecule has 0 rings (SSSR count). The van der Waals surface area contributed by atoms with Crippen molar-refractivity contribution in [3.8, 4) is 0 Å². The normalized spacial score (nSPS) is 18.4. The van der Waals surface area contributed by atoms with Gasteiger partial charge < -0.3 is 0 Å². The summed E-state index contributed by atoms with van der Waals surface area (Å²) in [5.41, 5.74) is 0.154. The van der Waals surface area contributed by atoms with E-state index in [1.807, 2.05) is 20.8 Å². The molecular weight excluding hydrogens is 182 g/mol. The Morgan fingerprint density at radius 1 is 1.08 bits per heavy atom. The topological polar surface area (TPSA) is 29.1 Å². The lowest BCUT2D eigenvalue weighted by Gasteiger charge is -2.30. The van der Waals surface area contributed by atoms with Gasteiger partial charge in [-0.3, -0.25) is 0 Å². The summed E-state index contributed by atoms with van der Waals surface area (Å²) in [6.07, 6.45) is 0. The molecule has 80 valence electrons. The van der Waals surface area contributed by atoms with Crippen molar-refractivity contribution >= 4 is 11.0 Å². The molecule has 0 saturated carbocycles. The van der Waals surface area contributed by atoms with Gasteiger partial charge in [0, 0.05) is 6.04 Å². The van der Waals surface area contributed by atoms with Crippen molar-refractivity contribution in [3.63, 3.8) is 0 Å². The Kier molecular flexibility index (Phi) is 4.13. The van der Waals surface area contributed by atoms with Gasteiger partial charge in [-0.05, 0) is 33.1 Å². The van der Waals surface area contributed by atoms with E-state index in [9.17, 15) is 4.21 Å². The Morgan fingerprint density at radius 3 is 1.69 bits per heavy atom. The van der Waals surface area contributed by atoms with Crippen LogP contribution < -0.4 is 4.72 Å². The monoisotopic (exact) mass is 205 g/mol. The molecule has 3 heteroatoms. The Labute approximate surface area is 85.1 Å². The largest absolute Gasteiger partial charge is 0.242 e. The van der Waals surface area contributed by atoms with Gasteiger partial charge in [0.15, 0.2) is 0 Å². The van der Waals surface area contributed by atoms with E-state index in [1.54, 1.807) is 0 Å². The summed E-state index contributed by atoms with van der Waals surface area (Å²) >= 11 is 0. The zero-order chi connectivity index (χ0) is 10.9. The van der Waals surface area contributed by atoms with E-state index in [2.05, 4.69) is 32.4 Å². The Morgan fingerprint density at radius 2 is 1.46 bits per heavy atom. The molecule has 2 nitrogen and oxygen atoms in total. The maximum atomic E-state index is 11.7. The maximum Gasteiger partial charge on any atom is 0.0972 e. The molecule has 2 atom stereocenters. The van der Waals surface area contributed by atoms with Crippen LogP contribution in [0.15, 0.2) is 0 Å². The van der Waals surface area contributed by atoms with Crippen molar-refractivity contribution in [1.82, 2.24) is 4.72 Å². The van der Waals surface area contributed by atoms with Crippen molar-refractivity contribution in [2.45, 2.75) is 59.3 Å². The standard InChI is InChI=1S/C10H23NOS/c1-8(9(2,3)4)11-13(12)10(5,6)7/h8,11H,1-7H3/t8-,13?/m1/s1. The molecular formula is C10H23NOS. The lowest BCUT2D eigenvalue weighted by Crippen LogP contribution is -2.44. The van der Waals surface area contributed by atoms with Crippen molar-refractivity contribution in [2.24, 2.45) is 5.41 Å². The zero-order valence-corrected chi connectivity index (χ0v) is 10.7. The lowest BCUT2D eigenvalue weighted by atomic mass is 9.89. The summed E-state index contributed by atoms with van der Waals surface area (Å²) in [4.78, 5) is 0. The van der Waals surface area contributed by atoms with E-state index < -0.39 is 11.0 Å². The third-order valence-electron chi connectivity index (χ3n) is 2.14. The van der Waals surface area contributed by atoms with Gasteiger partial charge >= 0.3 is 0 Å². The van der Waals surface area contributed by atoms with Crippen LogP contribution in [-0.4, -0.2) is 15.0 Å². The highest BCUT2D eigenvalue weighted by molar-refractivity contribution is 7.84. The molecule has 0 spiro atoms. The molecule has 0 fully saturated rings. The van der Waals surface area contributed by atoms with Gasteiger partial charge in [-0.1, -0.05) is 20.8 Å². The molecule has 1 unspecified atom stereocenters. The van der Waals surface area contributed by atoms with E-state index >= 15 is 0 Å². The van der Waals surface area contributed by atoms with E-state index in [4.69, 9.17) is 0 Å². The molecule has 0 saturated heterocycles. The third kappa shape index (κ3) is 4.77. The van der Waals surface area contributed by atoms with E-state index in [0.717, 1.165) is 0 Å². The first-order chi connectivity index (χ1) is 5.55. The van der Waals surface area contributed by atoms with Gasteiger partial charge in [0.25, 0.3) is 0 Å². The Balaban J connectivity index is 4.24. The van der Waals surface area contributed by atoms with Crippen LogP contribution in [0.3, 0.4) is 0 Å². The van der Waals surface area contributed by atoms with Crippen LogP contribution in [0.2, 0.25) is 0 Å². The van der Waals surface area contributed by atoms with Crippen LogP contribution in [0.4, 0.5) is 0 Å². The van der Waals surface area contributed by atoms with Crippen LogP contribution in [0.1, 0.15) is 48.5 Å². The van der Waals surface area contributed by atoms with Crippen LogP contribution in [0, 0.1) is 5.41 Å². The number of hydrogen-bond donors (Lipinski definition) is 1. The first-order valence-corrected chi connectivity index (χ1v) is 5.88. The molecule has 1 N–H and O–H groups in total. The van der Waals surface area contributed by atoms with Crippen molar-refractivity contribution in [2.75, 3.05) is 0 Å². The second kappa shape index (κ2) is 4.09. The fraction of sp³-hybridized carbons (Fsp3) is 1.00. The minimum absolute atomic E-state index is 0.154. The van der Waals surface area contributed by atoms with Gasteiger partial charge in [-0.2, -0.15) is 0 Å². The molecule has 13 heavy (non-hydrogen) atoms. The first-order valence-electron chi connectivity index (χ1n) is 4.73. The molecule has 0 bridgehead atoms. The Hall–Kier alpha value is 0.110. The van der Waals surface area contributed by atoms with Crippen LogP contribution in [-0.2, 0) is 11.0 Å². The van der Waals surface area contributed by atoms with Gasteiger partial charge in [0.05, 0.1) is 15.7 Å². The van der Waals surface area contributed by atoms with Crippen LogP contribution in [0.25, 0.3) is 0 Å². The van der Waals surface area contributed by atoms with E-state index in [-0.39, 0.29) is 16.2 Å². The predicted molar refractivity (Wildman–Crippen MR) is 59.9 cm³/mol. The number of rotatable bonds is 2. The summed E-state index contributed by atoms with van der Waals surface area (Å²) in [5, 5.41) is 0. The van der Waals surface area contributed by atoms with E-state index in [0.29, 0.717) is 0 Å². The zero-order valence-electron chi connectivity index (χ0n) is 9.89. The molecule has 0 aromatic rings. The van der Waals surface area contributed by atoms with Crippen molar-refractivity contribution < 1.29 is 4.21 Å². The highest BCUT2D eigenvalue weighted by Gasteiger charge is 2.26. The minimum Gasteiger partial charge on any atom is -0.242 e. The lowest BCUT2D eigenvalue weighted by molar-refractivity contribution is 0.320. The second-order valence-corrected chi connectivity index (χ2v) is 7.58. The Bertz CT molecular complexity index is 188. The van der Waals surface area contributed by atoms with E-state index in [1.165, 1.54) is 0 Å². The number of nitrogens with one attached hydrogen (secondary N) is 1. The summed E-state index contributed by atoms with van der Waals surface area (Å²) in [5.74, 6) is 0. The smallest absolute Gasteiger partial charge is 0.0972 e. The quantitative estimate of drug-likeness (QED) is 0.737. The van der Waals surface area contributed by atoms with Crippen molar-refractivity contribution in [3.05, 3.63) is 0 Å². The molecule has 0 amide bonds. The summed E-state index contributed by atoms with van der Waals surface area (Å²) in [6.45, 7) is 14.4. The third-order valence-corrected chi connectivity index (χ3v) is 3.82.